The fraction of sp³-hybridized carbons (Fsp3) is 0.387. The third-order valence-electron chi connectivity index (χ3n) is 7.64. The Balaban J connectivity index is 1.25. The van der Waals surface area contributed by atoms with Gasteiger partial charge in [0.05, 0.1) is 18.1 Å². The Bertz CT molecular complexity index is 1460. The van der Waals surface area contributed by atoms with Crippen molar-refractivity contribution in [2.45, 2.75) is 50.5 Å². The first-order chi connectivity index (χ1) is 19.3. The number of halogens is 2. The summed E-state index contributed by atoms with van der Waals surface area (Å²) in [6.07, 6.45) is 9.62. The Morgan fingerprint density at radius 1 is 1.07 bits per heavy atom. The first-order valence-corrected chi connectivity index (χ1v) is 13.6. The number of fused-ring (bicyclic) bond motifs is 1. The number of likely N-dealkylation sites (tertiary alicyclic amines) is 1. The average Bonchev–Trinajstić information content (AvgIpc) is 3.30. The maximum absolute atomic E-state index is 13.7. The van der Waals surface area contributed by atoms with Gasteiger partial charge in [0.2, 0.25) is 5.91 Å². The van der Waals surface area contributed by atoms with E-state index in [0.29, 0.717) is 22.4 Å². The number of carbonyl (C=O) groups is 2. The normalized spacial score (nSPS) is 19.2. The SMILES string of the molecule is N#C[C@@H]1CC(F)(F)CN1C(=O)CCC(=O)c1ccnc2ccc(/C=C/c3ccc(CC4CCNCC4)nc3)cc12. The van der Waals surface area contributed by atoms with Gasteiger partial charge in [0, 0.05) is 48.3 Å². The molecule has 5 rings (SSSR count). The zero-order chi connectivity index (χ0) is 28.1. The van der Waals surface area contributed by atoms with E-state index in [2.05, 4.69) is 27.4 Å². The van der Waals surface area contributed by atoms with Crippen LogP contribution in [0, 0.1) is 17.2 Å². The van der Waals surface area contributed by atoms with Gasteiger partial charge in [-0.3, -0.25) is 19.6 Å². The van der Waals surface area contributed by atoms with Crippen molar-refractivity contribution >= 4 is 34.7 Å². The van der Waals surface area contributed by atoms with Crippen LogP contribution in [-0.2, 0) is 11.2 Å². The lowest BCUT2D eigenvalue weighted by Gasteiger charge is -2.22. The summed E-state index contributed by atoms with van der Waals surface area (Å²) >= 11 is 0. The molecular weight excluding hydrogens is 512 g/mol. The van der Waals surface area contributed by atoms with E-state index in [1.165, 1.54) is 19.0 Å². The van der Waals surface area contributed by atoms with Crippen molar-refractivity contribution in [2.75, 3.05) is 19.6 Å². The standard InChI is InChI=1S/C31H31F2N5O2/c32-31(33)17-25(18-34)38(20-31)30(40)8-7-29(39)26-11-14-36-28-6-4-21(16-27(26)28)1-2-23-3-5-24(37-19-23)15-22-9-12-35-13-10-22/h1-6,11,14,16,19,22,25,35H,7-10,12-13,15,17,20H2/b2-1+/t25-/m0/s1. The van der Waals surface area contributed by atoms with Crippen LogP contribution in [0.5, 0.6) is 0 Å². The molecule has 0 saturated carbocycles. The summed E-state index contributed by atoms with van der Waals surface area (Å²) in [6, 6.07) is 12.0. The van der Waals surface area contributed by atoms with Crippen LogP contribution < -0.4 is 5.32 Å². The lowest BCUT2D eigenvalue weighted by Crippen LogP contribution is -2.36. The molecule has 0 radical (unpaired) electrons. The summed E-state index contributed by atoms with van der Waals surface area (Å²) in [4.78, 5) is 35.5. The molecule has 2 aliphatic rings. The summed E-state index contributed by atoms with van der Waals surface area (Å²) in [7, 11) is 0. The van der Waals surface area contributed by atoms with Gasteiger partial charge in [-0.15, -0.1) is 0 Å². The lowest BCUT2D eigenvalue weighted by atomic mass is 9.93. The van der Waals surface area contributed by atoms with Crippen LogP contribution in [0.3, 0.4) is 0 Å². The predicted octanol–water partition coefficient (Wildman–Crippen LogP) is 5.06. The minimum atomic E-state index is -3.09. The topological polar surface area (TPSA) is 99.0 Å². The number of Topliss-reactive ketones (excluding diaryl/α,β-unsaturated/α-hetero) is 1. The number of aromatic nitrogens is 2. The Morgan fingerprint density at radius 3 is 2.60 bits per heavy atom. The van der Waals surface area contributed by atoms with Gasteiger partial charge >= 0.3 is 0 Å². The molecule has 0 aliphatic carbocycles. The molecule has 1 aromatic carbocycles. The van der Waals surface area contributed by atoms with E-state index in [1.807, 2.05) is 36.5 Å². The van der Waals surface area contributed by atoms with Gasteiger partial charge in [-0.2, -0.15) is 5.26 Å². The number of rotatable bonds is 8. The van der Waals surface area contributed by atoms with Gasteiger partial charge in [0.1, 0.15) is 6.04 Å². The molecule has 0 spiro atoms. The number of nitriles is 1. The van der Waals surface area contributed by atoms with Crippen molar-refractivity contribution in [1.82, 2.24) is 20.2 Å². The van der Waals surface area contributed by atoms with Crippen LogP contribution in [-0.4, -0.2) is 58.2 Å². The molecule has 3 aromatic rings. The maximum Gasteiger partial charge on any atom is 0.268 e. The van der Waals surface area contributed by atoms with E-state index in [4.69, 9.17) is 5.26 Å². The highest BCUT2D eigenvalue weighted by Crippen LogP contribution is 2.32. The van der Waals surface area contributed by atoms with E-state index >= 15 is 0 Å². The number of benzene rings is 1. The van der Waals surface area contributed by atoms with Crippen LogP contribution in [0.2, 0.25) is 0 Å². The molecule has 9 heteroatoms. The van der Waals surface area contributed by atoms with Crippen LogP contribution in [0.1, 0.15) is 59.3 Å². The lowest BCUT2D eigenvalue weighted by molar-refractivity contribution is -0.132. The summed E-state index contributed by atoms with van der Waals surface area (Å²) in [5, 5.41) is 13.2. The second-order valence-electron chi connectivity index (χ2n) is 10.6. The highest BCUT2D eigenvalue weighted by Gasteiger charge is 2.47. The minimum absolute atomic E-state index is 0.145. The number of alkyl halides is 2. The number of ketones is 1. The fourth-order valence-corrected chi connectivity index (χ4v) is 5.43. The van der Waals surface area contributed by atoms with Gasteiger partial charge in [0.15, 0.2) is 5.78 Å². The van der Waals surface area contributed by atoms with Crippen LogP contribution >= 0.6 is 0 Å². The second kappa shape index (κ2) is 12.0. The molecule has 1 amide bonds. The quantitative estimate of drug-likeness (QED) is 0.399. The Morgan fingerprint density at radius 2 is 1.85 bits per heavy atom. The highest BCUT2D eigenvalue weighted by atomic mass is 19.3. The molecule has 0 bridgehead atoms. The van der Waals surface area contributed by atoms with Gasteiger partial charge in [-0.25, -0.2) is 8.78 Å². The zero-order valence-corrected chi connectivity index (χ0v) is 22.2. The largest absolute Gasteiger partial charge is 0.320 e. The van der Waals surface area contributed by atoms with Crippen molar-refractivity contribution in [2.24, 2.45) is 5.92 Å². The van der Waals surface area contributed by atoms with Crippen molar-refractivity contribution in [3.05, 3.63) is 71.2 Å². The molecule has 4 heterocycles. The second-order valence-corrected chi connectivity index (χ2v) is 10.6. The summed E-state index contributed by atoms with van der Waals surface area (Å²) in [5.41, 5.74) is 4.01. The highest BCUT2D eigenvalue weighted by molar-refractivity contribution is 6.08. The van der Waals surface area contributed by atoms with Crippen molar-refractivity contribution in [1.29, 1.82) is 5.26 Å². The minimum Gasteiger partial charge on any atom is -0.320 e. The van der Waals surface area contributed by atoms with E-state index in [1.54, 1.807) is 12.1 Å². The smallest absolute Gasteiger partial charge is 0.268 e. The third kappa shape index (κ3) is 6.57. The number of amides is 1. The number of piperidine rings is 1. The van der Waals surface area contributed by atoms with E-state index in [0.717, 1.165) is 41.2 Å². The van der Waals surface area contributed by atoms with Crippen LogP contribution in [0.25, 0.3) is 23.1 Å². The molecule has 7 nitrogen and oxygen atoms in total. The number of hydrogen-bond acceptors (Lipinski definition) is 6. The van der Waals surface area contributed by atoms with Crippen molar-refractivity contribution < 1.29 is 18.4 Å². The molecule has 1 N–H and O–H groups in total. The van der Waals surface area contributed by atoms with Crippen molar-refractivity contribution in [3.63, 3.8) is 0 Å². The monoisotopic (exact) mass is 543 g/mol. The number of pyridine rings is 2. The van der Waals surface area contributed by atoms with Gasteiger partial charge < -0.3 is 10.2 Å². The Hall–Kier alpha value is -4.03. The molecule has 2 saturated heterocycles. The molecule has 206 valence electrons. The third-order valence-corrected chi connectivity index (χ3v) is 7.64. The molecule has 0 unspecified atom stereocenters. The van der Waals surface area contributed by atoms with E-state index in [-0.39, 0.29) is 18.6 Å². The summed E-state index contributed by atoms with van der Waals surface area (Å²) in [6.45, 7) is 1.35. The number of hydrogen-bond donors (Lipinski definition) is 1. The molecule has 40 heavy (non-hydrogen) atoms. The summed E-state index contributed by atoms with van der Waals surface area (Å²) in [5.74, 6) is -3.31. The predicted molar refractivity (Wildman–Crippen MR) is 148 cm³/mol. The Labute approximate surface area is 231 Å². The molecular formula is C31H31F2N5O2. The van der Waals surface area contributed by atoms with Crippen LogP contribution in [0.4, 0.5) is 8.78 Å². The first kappa shape index (κ1) is 27.5. The molecule has 2 aromatic heterocycles. The van der Waals surface area contributed by atoms with Gasteiger partial charge in [-0.1, -0.05) is 24.3 Å². The number of nitrogens with zero attached hydrogens (tertiary/aromatic N) is 4. The number of carbonyl (C=O) groups excluding carboxylic acids is 2. The average molecular weight is 544 g/mol. The Kier molecular flexibility index (Phi) is 8.27. The van der Waals surface area contributed by atoms with E-state index in [9.17, 15) is 18.4 Å². The molecule has 2 aliphatic heterocycles. The molecule has 1 atom stereocenters. The first-order valence-electron chi connectivity index (χ1n) is 13.6. The van der Waals surface area contributed by atoms with Crippen LogP contribution in [0.15, 0.2) is 48.8 Å². The van der Waals surface area contributed by atoms with E-state index < -0.39 is 30.8 Å². The summed E-state index contributed by atoms with van der Waals surface area (Å²) < 4.78 is 27.4. The number of nitrogens with one attached hydrogen (secondary N) is 1. The molecule has 2 fully saturated rings. The van der Waals surface area contributed by atoms with Crippen molar-refractivity contribution in [3.8, 4) is 6.07 Å². The zero-order valence-electron chi connectivity index (χ0n) is 22.2. The van der Waals surface area contributed by atoms with Gasteiger partial charge in [-0.05, 0) is 73.7 Å². The van der Waals surface area contributed by atoms with Gasteiger partial charge in [0.25, 0.3) is 5.92 Å². The fourth-order valence-electron chi connectivity index (χ4n) is 5.43. The maximum atomic E-state index is 13.7.